The number of nitrogen functional groups attached to an aromatic ring is 1. The SMILES string of the molecule is Nc1cc(C(F)(F)F)c(-c2c(F)cccc2F)nc1C(=O)Nc1cncnc1OC1CCC(N)CC1. The van der Waals surface area contributed by atoms with Gasteiger partial charge >= 0.3 is 6.18 Å². The maximum atomic E-state index is 14.4. The average Bonchev–Trinajstić information content (AvgIpc) is 2.81. The Balaban J connectivity index is 1.69. The standard InChI is InChI=1S/C23H21F5N6O2/c24-14-2-1-3-15(25)18(14)19-13(23(26,27)28)8-16(30)20(34-19)21(35)33-17-9-31-10-32-22(17)36-12-6-4-11(29)5-7-12/h1-3,8-12H,4-7,29-30H2,(H,33,35). The molecule has 1 amide bonds. The first-order chi connectivity index (χ1) is 17.0. The summed E-state index contributed by atoms with van der Waals surface area (Å²) < 4.78 is 75.6. The number of carbonyl (C=O) groups excluding carboxylic acids is 1. The van der Waals surface area contributed by atoms with Crippen LogP contribution in [-0.4, -0.2) is 33.0 Å². The molecule has 1 aliphatic rings. The van der Waals surface area contributed by atoms with E-state index in [9.17, 15) is 26.7 Å². The van der Waals surface area contributed by atoms with E-state index in [1.807, 2.05) is 0 Å². The summed E-state index contributed by atoms with van der Waals surface area (Å²) in [5.74, 6) is -3.60. The Bertz CT molecular complexity index is 1260. The number of nitrogens with two attached hydrogens (primary N) is 2. The Kier molecular flexibility index (Phi) is 7.02. The van der Waals surface area contributed by atoms with Gasteiger partial charge in [-0.3, -0.25) is 4.79 Å². The molecule has 0 aliphatic heterocycles. The summed E-state index contributed by atoms with van der Waals surface area (Å²) >= 11 is 0. The molecule has 8 nitrogen and oxygen atoms in total. The number of rotatable bonds is 5. The molecule has 13 heteroatoms. The second kappa shape index (κ2) is 10.0. The van der Waals surface area contributed by atoms with Gasteiger partial charge in [-0.1, -0.05) is 6.07 Å². The smallest absolute Gasteiger partial charge is 0.418 e. The van der Waals surface area contributed by atoms with Crippen LogP contribution in [0.3, 0.4) is 0 Å². The van der Waals surface area contributed by atoms with Crippen molar-refractivity contribution in [3.8, 4) is 17.1 Å². The summed E-state index contributed by atoms with van der Waals surface area (Å²) in [6.07, 6.45) is -0.00217. The fraction of sp³-hybridized carbons (Fsp3) is 0.304. The Labute approximate surface area is 201 Å². The number of halogens is 5. The Hall–Kier alpha value is -3.87. The molecular formula is C23H21F5N6O2. The lowest BCUT2D eigenvalue weighted by Gasteiger charge is -2.26. The minimum absolute atomic E-state index is 0.0112. The van der Waals surface area contributed by atoms with Crippen molar-refractivity contribution in [1.29, 1.82) is 0 Å². The van der Waals surface area contributed by atoms with Crippen LogP contribution < -0.4 is 21.5 Å². The van der Waals surface area contributed by atoms with Gasteiger partial charge in [-0.2, -0.15) is 18.2 Å². The Morgan fingerprint density at radius 2 is 1.78 bits per heavy atom. The molecule has 190 valence electrons. The Morgan fingerprint density at radius 1 is 1.11 bits per heavy atom. The molecule has 3 aromatic rings. The van der Waals surface area contributed by atoms with Crippen molar-refractivity contribution in [2.24, 2.45) is 5.73 Å². The average molecular weight is 508 g/mol. The zero-order valence-electron chi connectivity index (χ0n) is 18.6. The van der Waals surface area contributed by atoms with E-state index in [2.05, 4.69) is 20.3 Å². The molecule has 1 saturated carbocycles. The van der Waals surface area contributed by atoms with Crippen LogP contribution in [0.4, 0.5) is 33.3 Å². The third kappa shape index (κ3) is 5.35. The lowest BCUT2D eigenvalue weighted by molar-refractivity contribution is -0.137. The molecule has 2 aromatic heterocycles. The lowest BCUT2D eigenvalue weighted by atomic mass is 9.94. The number of anilines is 2. The molecule has 0 bridgehead atoms. The molecule has 0 atom stereocenters. The number of nitrogens with one attached hydrogen (secondary N) is 1. The van der Waals surface area contributed by atoms with Crippen molar-refractivity contribution >= 4 is 17.3 Å². The van der Waals surface area contributed by atoms with Crippen LogP contribution in [0.15, 0.2) is 36.8 Å². The fourth-order valence-electron chi connectivity index (χ4n) is 3.89. The van der Waals surface area contributed by atoms with Crippen LogP contribution in [0, 0.1) is 11.6 Å². The minimum Gasteiger partial charge on any atom is -0.473 e. The summed E-state index contributed by atoms with van der Waals surface area (Å²) in [5.41, 5.74) is 6.64. The third-order valence-corrected chi connectivity index (χ3v) is 5.69. The van der Waals surface area contributed by atoms with E-state index in [4.69, 9.17) is 16.2 Å². The van der Waals surface area contributed by atoms with Crippen LogP contribution in [-0.2, 0) is 6.18 Å². The zero-order chi connectivity index (χ0) is 26.0. The van der Waals surface area contributed by atoms with Gasteiger partial charge in [0.25, 0.3) is 5.91 Å². The molecule has 1 aromatic carbocycles. The van der Waals surface area contributed by atoms with Gasteiger partial charge in [0.05, 0.1) is 28.7 Å². The monoisotopic (exact) mass is 508 g/mol. The number of benzene rings is 1. The van der Waals surface area contributed by atoms with Crippen molar-refractivity contribution in [3.63, 3.8) is 0 Å². The van der Waals surface area contributed by atoms with E-state index in [1.54, 1.807) is 0 Å². The first-order valence-corrected chi connectivity index (χ1v) is 10.9. The zero-order valence-corrected chi connectivity index (χ0v) is 18.6. The van der Waals surface area contributed by atoms with Gasteiger partial charge in [0.2, 0.25) is 5.88 Å². The van der Waals surface area contributed by atoms with Gasteiger partial charge in [0.15, 0.2) is 5.69 Å². The Morgan fingerprint density at radius 3 is 2.42 bits per heavy atom. The molecule has 5 N–H and O–H groups in total. The fourth-order valence-corrected chi connectivity index (χ4v) is 3.89. The van der Waals surface area contributed by atoms with Crippen molar-refractivity contribution < 1.29 is 31.5 Å². The number of alkyl halides is 3. The molecule has 0 spiro atoms. The lowest BCUT2D eigenvalue weighted by Crippen LogP contribution is -2.32. The van der Waals surface area contributed by atoms with E-state index >= 15 is 0 Å². The number of pyridine rings is 1. The molecular weight excluding hydrogens is 487 g/mol. The second-order valence-corrected chi connectivity index (χ2v) is 8.27. The largest absolute Gasteiger partial charge is 0.473 e. The van der Waals surface area contributed by atoms with Gasteiger partial charge in [0, 0.05) is 6.04 Å². The highest BCUT2D eigenvalue weighted by Gasteiger charge is 2.37. The van der Waals surface area contributed by atoms with Gasteiger partial charge in [0.1, 0.15) is 29.8 Å². The summed E-state index contributed by atoms with van der Waals surface area (Å²) in [7, 11) is 0. The predicted molar refractivity (Wildman–Crippen MR) is 120 cm³/mol. The first kappa shape index (κ1) is 25.2. The highest BCUT2D eigenvalue weighted by molar-refractivity contribution is 6.07. The number of nitrogens with zero attached hydrogens (tertiary/aromatic N) is 3. The van der Waals surface area contributed by atoms with Crippen LogP contribution in [0.1, 0.15) is 41.7 Å². The predicted octanol–water partition coefficient (Wildman–Crippen LogP) is 4.32. The summed E-state index contributed by atoms with van der Waals surface area (Å²) in [4.78, 5) is 24.5. The van der Waals surface area contributed by atoms with Crippen LogP contribution in [0.25, 0.3) is 11.3 Å². The van der Waals surface area contributed by atoms with E-state index in [-0.39, 0.29) is 23.7 Å². The van der Waals surface area contributed by atoms with Crippen molar-refractivity contribution in [1.82, 2.24) is 15.0 Å². The maximum absolute atomic E-state index is 14.4. The first-order valence-electron chi connectivity index (χ1n) is 10.9. The van der Waals surface area contributed by atoms with Crippen molar-refractivity contribution in [2.45, 2.75) is 44.0 Å². The number of hydrogen-bond donors (Lipinski definition) is 3. The molecule has 4 rings (SSSR count). The van der Waals surface area contributed by atoms with E-state index in [0.29, 0.717) is 18.9 Å². The highest BCUT2D eigenvalue weighted by atomic mass is 19.4. The maximum Gasteiger partial charge on any atom is 0.418 e. The third-order valence-electron chi connectivity index (χ3n) is 5.69. The second-order valence-electron chi connectivity index (χ2n) is 8.27. The normalized spacial score (nSPS) is 18.1. The van der Waals surface area contributed by atoms with E-state index in [0.717, 1.165) is 31.0 Å². The summed E-state index contributed by atoms with van der Waals surface area (Å²) in [5, 5.41) is 2.41. The number of amides is 1. The summed E-state index contributed by atoms with van der Waals surface area (Å²) in [6, 6.07) is 3.03. The van der Waals surface area contributed by atoms with Gasteiger partial charge in [-0.15, -0.1) is 0 Å². The summed E-state index contributed by atoms with van der Waals surface area (Å²) in [6.45, 7) is 0. The van der Waals surface area contributed by atoms with E-state index < -0.39 is 51.9 Å². The van der Waals surface area contributed by atoms with Gasteiger partial charge in [-0.25, -0.2) is 18.7 Å². The highest BCUT2D eigenvalue weighted by Crippen LogP contribution is 2.39. The number of ether oxygens (including phenoxy) is 1. The van der Waals surface area contributed by atoms with Crippen LogP contribution in [0.2, 0.25) is 0 Å². The van der Waals surface area contributed by atoms with Crippen molar-refractivity contribution in [2.75, 3.05) is 11.1 Å². The molecule has 2 heterocycles. The van der Waals surface area contributed by atoms with Crippen molar-refractivity contribution in [3.05, 3.63) is 59.7 Å². The van der Waals surface area contributed by atoms with E-state index in [1.165, 1.54) is 12.5 Å². The molecule has 36 heavy (non-hydrogen) atoms. The molecule has 1 fully saturated rings. The number of hydrogen-bond acceptors (Lipinski definition) is 7. The minimum atomic E-state index is -5.06. The molecule has 0 saturated heterocycles. The molecule has 1 aliphatic carbocycles. The quantitative estimate of drug-likeness (QED) is 0.438. The molecule has 0 unspecified atom stereocenters. The van der Waals surface area contributed by atoms with Gasteiger partial charge in [-0.05, 0) is 43.9 Å². The topological polar surface area (TPSA) is 129 Å². The van der Waals surface area contributed by atoms with Crippen LogP contribution in [0.5, 0.6) is 5.88 Å². The van der Waals surface area contributed by atoms with Crippen LogP contribution >= 0.6 is 0 Å². The number of carbonyl (C=O) groups is 1. The van der Waals surface area contributed by atoms with Gasteiger partial charge < -0.3 is 21.5 Å². The number of aromatic nitrogens is 3. The molecule has 0 radical (unpaired) electrons.